The lowest BCUT2D eigenvalue weighted by Crippen LogP contribution is -2.51. The summed E-state index contributed by atoms with van der Waals surface area (Å²) in [7, 11) is -3.39. The van der Waals surface area contributed by atoms with E-state index in [1.165, 1.54) is 4.31 Å². The average molecular weight is 502 g/mol. The van der Waals surface area contributed by atoms with E-state index >= 15 is 0 Å². The highest BCUT2D eigenvalue weighted by Gasteiger charge is 2.33. The molecule has 1 saturated heterocycles. The van der Waals surface area contributed by atoms with E-state index in [4.69, 9.17) is 4.74 Å². The van der Waals surface area contributed by atoms with Crippen LogP contribution in [-0.2, 0) is 24.3 Å². The Balaban J connectivity index is 1.38. The second-order valence-corrected chi connectivity index (χ2v) is 10.7. The van der Waals surface area contributed by atoms with Gasteiger partial charge in [-0.1, -0.05) is 48.5 Å². The molecular weight excluding hydrogens is 474 g/mol. The molecule has 11 heteroatoms. The minimum atomic E-state index is -3.39. The van der Waals surface area contributed by atoms with Gasteiger partial charge in [0, 0.05) is 25.0 Å². The smallest absolute Gasteiger partial charge is 0.407 e. The lowest BCUT2D eigenvalue weighted by atomic mass is 9.98. The molecule has 2 unspecified atom stereocenters. The topological polar surface area (TPSA) is 142 Å². The number of amides is 2. The number of nitrogens with one attached hydrogen (secondary N) is 2. The Kier molecular flexibility index (Phi) is 7.08. The maximum absolute atomic E-state index is 12.7. The van der Waals surface area contributed by atoms with E-state index in [0.29, 0.717) is 6.42 Å². The van der Waals surface area contributed by atoms with Crippen LogP contribution < -0.4 is 10.6 Å². The first kappa shape index (κ1) is 24.7. The lowest BCUT2D eigenvalue weighted by molar-refractivity contribution is -0.140. The second kappa shape index (κ2) is 10.0. The fraction of sp³-hybridized carbons (Fsp3) is 0.375. The van der Waals surface area contributed by atoms with Crippen LogP contribution in [0.15, 0.2) is 48.5 Å². The predicted molar refractivity (Wildman–Crippen MR) is 127 cm³/mol. The monoisotopic (exact) mass is 501 g/mol. The maximum atomic E-state index is 12.7. The largest absolute Gasteiger partial charge is 0.481 e. The zero-order valence-corrected chi connectivity index (χ0v) is 20.0. The van der Waals surface area contributed by atoms with E-state index < -0.39 is 46.5 Å². The van der Waals surface area contributed by atoms with Crippen molar-refractivity contribution < 1.29 is 32.6 Å². The molecule has 2 aromatic carbocycles. The molecule has 3 N–H and O–H groups in total. The van der Waals surface area contributed by atoms with Gasteiger partial charge in [-0.15, -0.1) is 0 Å². The lowest BCUT2D eigenvalue weighted by Gasteiger charge is -2.21. The van der Waals surface area contributed by atoms with Crippen molar-refractivity contribution in [1.82, 2.24) is 14.9 Å². The average Bonchev–Trinajstić information content (AvgIpc) is 3.40. The van der Waals surface area contributed by atoms with Gasteiger partial charge in [-0.3, -0.25) is 9.59 Å². The molecule has 2 atom stereocenters. The molecule has 0 radical (unpaired) electrons. The molecule has 1 fully saturated rings. The van der Waals surface area contributed by atoms with Gasteiger partial charge in [-0.2, -0.15) is 0 Å². The molecule has 0 aromatic heterocycles. The molecule has 10 nitrogen and oxygen atoms in total. The Bertz CT molecular complexity index is 1200. The van der Waals surface area contributed by atoms with Gasteiger partial charge in [0.25, 0.3) is 0 Å². The van der Waals surface area contributed by atoms with Crippen molar-refractivity contribution in [3.63, 3.8) is 0 Å². The Morgan fingerprint density at radius 3 is 2.23 bits per heavy atom. The van der Waals surface area contributed by atoms with Gasteiger partial charge in [0.15, 0.2) is 0 Å². The number of carbonyl (C=O) groups is 3. The first-order valence-corrected chi connectivity index (χ1v) is 13.1. The van der Waals surface area contributed by atoms with Gasteiger partial charge >= 0.3 is 12.1 Å². The fourth-order valence-electron chi connectivity index (χ4n) is 4.62. The number of rotatable bonds is 8. The van der Waals surface area contributed by atoms with Crippen molar-refractivity contribution in [2.24, 2.45) is 0 Å². The number of ether oxygens (including phenoxy) is 1. The van der Waals surface area contributed by atoms with E-state index in [2.05, 4.69) is 10.6 Å². The van der Waals surface area contributed by atoms with Crippen molar-refractivity contribution in [2.45, 2.75) is 30.8 Å². The number of hydrogen-bond acceptors (Lipinski definition) is 6. The van der Waals surface area contributed by atoms with Crippen LogP contribution >= 0.6 is 0 Å². The van der Waals surface area contributed by atoms with Crippen molar-refractivity contribution in [3.8, 4) is 11.1 Å². The molecule has 0 spiro atoms. The van der Waals surface area contributed by atoms with Crippen LogP contribution in [0.5, 0.6) is 0 Å². The maximum Gasteiger partial charge on any atom is 0.407 e. The molecule has 4 rings (SSSR count). The van der Waals surface area contributed by atoms with E-state index in [1.54, 1.807) is 0 Å². The van der Waals surface area contributed by atoms with E-state index in [0.717, 1.165) is 28.5 Å². The summed E-state index contributed by atoms with van der Waals surface area (Å²) in [6.45, 7) is 0.371. The number of carboxylic acid groups (broad SMARTS) is 1. The Hall–Kier alpha value is -3.44. The molecule has 1 aliphatic heterocycles. The van der Waals surface area contributed by atoms with Crippen LogP contribution in [0.4, 0.5) is 4.79 Å². The third kappa shape index (κ3) is 5.63. The number of carbonyl (C=O) groups excluding carboxylic acids is 2. The van der Waals surface area contributed by atoms with Gasteiger partial charge in [-0.05, 0) is 28.7 Å². The number of alkyl carbamates (subject to hydrolysis) is 1. The fourth-order valence-corrected chi connectivity index (χ4v) is 5.50. The molecule has 35 heavy (non-hydrogen) atoms. The summed E-state index contributed by atoms with van der Waals surface area (Å²) >= 11 is 0. The van der Waals surface area contributed by atoms with Crippen LogP contribution in [0.2, 0.25) is 0 Å². The quantitative estimate of drug-likeness (QED) is 0.498. The van der Waals surface area contributed by atoms with Crippen LogP contribution in [0, 0.1) is 0 Å². The molecule has 0 bridgehead atoms. The van der Waals surface area contributed by atoms with Crippen LogP contribution in [0.3, 0.4) is 0 Å². The molecule has 1 aliphatic carbocycles. The third-order valence-electron chi connectivity index (χ3n) is 6.30. The van der Waals surface area contributed by atoms with Crippen LogP contribution in [0.25, 0.3) is 11.1 Å². The predicted octanol–water partition coefficient (Wildman–Crippen LogP) is 1.52. The number of hydrogen-bond donors (Lipinski definition) is 3. The van der Waals surface area contributed by atoms with Gasteiger partial charge in [0.1, 0.15) is 12.6 Å². The summed E-state index contributed by atoms with van der Waals surface area (Å²) in [5.74, 6) is -2.16. The molecule has 0 saturated carbocycles. The Labute approximate surface area is 203 Å². The molecular formula is C24H27N3O7S. The van der Waals surface area contributed by atoms with Crippen molar-refractivity contribution in [2.75, 3.05) is 26.0 Å². The van der Waals surface area contributed by atoms with Gasteiger partial charge < -0.3 is 20.5 Å². The van der Waals surface area contributed by atoms with Gasteiger partial charge in [0.05, 0.1) is 12.7 Å². The SMILES string of the molecule is CS(=O)(=O)N1CCC(NC(=O)C(CC(=O)O)NC(=O)OCC2c3ccccc3-c3ccccc32)C1. The first-order chi connectivity index (χ1) is 16.6. The highest BCUT2D eigenvalue weighted by molar-refractivity contribution is 7.88. The summed E-state index contributed by atoms with van der Waals surface area (Å²) in [6.07, 6.45) is -0.0666. The molecule has 1 heterocycles. The summed E-state index contributed by atoms with van der Waals surface area (Å²) < 4.78 is 30.0. The number of carboxylic acids is 1. The summed E-state index contributed by atoms with van der Waals surface area (Å²) in [5.41, 5.74) is 4.19. The summed E-state index contributed by atoms with van der Waals surface area (Å²) in [5, 5.41) is 14.2. The van der Waals surface area contributed by atoms with Gasteiger partial charge in [0.2, 0.25) is 15.9 Å². The minimum absolute atomic E-state index is 0.0210. The first-order valence-electron chi connectivity index (χ1n) is 11.2. The number of nitrogens with zero attached hydrogens (tertiary/aromatic N) is 1. The molecule has 186 valence electrons. The zero-order valence-electron chi connectivity index (χ0n) is 19.1. The summed E-state index contributed by atoms with van der Waals surface area (Å²) in [6, 6.07) is 13.9. The Morgan fingerprint density at radius 1 is 1.09 bits per heavy atom. The highest BCUT2D eigenvalue weighted by atomic mass is 32.2. The number of benzene rings is 2. The van der Waals surface area contributed by atoms with Crippen LogP contribution in [-0.4, -0.2) is 73.8 Å². The van der Waals surface area contributed by atoms with Gasteiger partial charge in [-0.25, -0.2) is 17.5 Å². The standard InChI is InChI=1S/C24H27N3O7S/c1-35(32,33)27-11-10-15(13-27)25-23(30)21(12-22(28)29)26-24(31)34-14-20-18-8-4-2-6-16(18)17-7-3-5-9-19(17)20/h2-9,15,20-21H,10-14H2,1H3,(H,25,30)(H,26,31)(H,28,29). The van der Waals surface area contributed by atoms with Crippen molar-refractivity contribution >= 4 is 28.0 Å². The molecule has 2 amide bonds. The molecule has 2 aliphatic rings. The van der Waals surface area contributed by atoms with Crippen molar-refractivity contribution in [3.05, 3.63) is 59.7 Å². The normalized spacial score (nSPS) is 18.4. The zero-order chi connectivity index (χ0) is 25.2. The summed E-state index contributed by atoms with van der Waals surface area (Å²) in [4.78, 5) is 36.5. The molecule has 2 aromatic rings. The number of fused-ring (bicyclic) bond motifs is 3. The van der Waals surface area contributed by atoms with E-state index in [-0.39, 0.29) is 25.6 Å². The minimum Gasteiger partial charge on any atom is -0.481 e. The Morgan fingerprint density at radius 2 is 1.69 bits per heavy atom. The van der Waals surface area contributed by atoms with Crippen LogP contribution in [0.1, 0.15) is 29.9 Å². The number of sulfonamides is 1. The highest BCUT2D eigenvalue weighted by Crippen LogP contribution is 2.44. The third-order valence-corrected chi connectivity index (χ3v) is 7.57. The van der Waals surface area contributed by atoms with Crippen molar-refractivity contribution in [1.29, 1.82) is 0 Å². The van der Waals surface area contributed by atoms with E-state index in [9.17, 15) is 27.9 Å². The number of aliphatic carboxylic acids is 1. The second-order valence-electron chi connectivity index (χ2n) is 8.74. The van der Waals surface area contributed by atoms with E-state index in [1.807, 2.05) is 48.5 Å².